The fourth-order valence-electron chi connectivity index (χ4n) is 5.25. The Kier molecular flexibility index (Phi) is 17.1. The maximum absolute atomic E-state index is 15.1. The van der Waals surface area contributed by atoms with E-state index in [9.17, 15) is 123 Å². The van der Waals surface area contributed by atoms with Crippen molar-refractivity contribution in [3.8, 4) is 0 Å². The van der Waals surface area contributed by atoms with Crippen molar-refractivity contribution >= 4 is 40.2 Å². The lowest BCUT2D eigenvalue weighted by molar-refractivity contribution is -0.592. The lowest BCUT2D eigenvalue weighted by Crippen LogP contribution is -2.72. The number of halogens is 29. The maximum Gasteiger partial charge on any atom is 0.462 e. The molecule has 406 valence electrons. The number of ether oxygens (including phenoxy) is 5. The third-order valence-corrected chi connectivity index (χ3v) is 24.1. The van der Waals surface area contributed by atoms with E-state index in [0.717, 1.165) is 14.2 Å². The van der Waals surface area contributed by atoms with Crippen LogP contribution in [0.2, 0.25) is 51.9 Å². The summed E-state index contributed by atoms with van der Waals surface area (Å²) in [6, 6.07) is -0.596. The smallest absolute Gasteiger partial charge is 0.461 e. The predicted octanol–water partition coefficient (Wildman–Crippen LogP) is 11.7. The molecular formula is C25H27F29O10Si4. The van der Waals surface area contributed by atoms with Gasteiger partial charge >= 0.3 is 125 Å². The third-order valence-electron chi connectivity index (χ3n) is 7.56. The van der Waals surface area contributed by atoms with Gasteiger partial charge in [0.25, 0.3) is 0 Å². The van der Waals surface area contributed by atoms with Gasteiger partial charge in [-0.25, -0.2) is 4.79 Å². The van der Waals surface area contributed by atoms with Crippen molar-refractivity contribution in [1.29, 1.82) is 0 Å². The Morgan fingerprint density at radius 1 is 0.382 bits per heavy atom. The highest BCUT2D eigenvalue weighted by atomic mass is 28.5. The zero-order valence-corrected chi connectivity index (χ0v) is 37.7. The molecule has 1 aliphatic heterocycles. The van der Waals surface area contributed by atoms with Crippen LogP contribution in [0, 0.1) is 0 Å². The van der Waals surface area contributed by atoms with E-state index in [1.54, 1.807) is 17.8 Å². The second kappa shape index (κ2) is 18.2. The summed E-state index contributed by atoms with van der Waals surface area (Å²) in [5.74, 6) is -47.3. The number of hydrogen-bond acceptors (Lipinski definition) is 10. The van der Waals surface area contributed by atoms with Gasteiger partial charge in [0.05, 0.1) is 6.61 Å². The van der Waals surface area contributed by atoms with Crippen molar-refractivity contribution in [1.82, 2.24) is 0 Å². The standard InChI is InChI=1S/C25H27F29O10Si4/c1-65(2)61-66(3,4)63-68(7,64-67(5,6)62-65)10-8-9-56-11(55)12(26,17(32,33)34)57-23(49,50)14(29,19(38,39)40)59-25(53,54)16(31,21(44,45)46)60-24(51,52)15(30,20(41,42)43)58-22(47,48)13(27,28)18(35,36)37/h8-10H2,1-7H3. The van der Waals surface area contributed by atoms with Crippen LogP contribution in [0.25, 0.3) is 0 Å². The summed E-state index contributed by atoms with van der Waals surface area (Å²) in [6.07, 6.45) is -78.9. The van der Waals surface area contributed by atoms with Crippen LogP contribution in [0.15, 0.2) is 0 Å². The van der Waals surface area contributed by atoms with Crippen LogP contribution < -0.4 is 0 Å². The summed E-state index contributed by atoms with van der Waals surface area (Å²) in [6.45, 7) is 8.28. The summed E-state index contributed by atoms with van der Waals surface area (Å²) in [4.78, 5) is 12.1. The van der Waals surface area contributed by atoms with Crippen LogP contribution in [0.3, 0.4) is 0 Å². The zero-order valence-electron chi connectivity index (χ0n) is 33.7. The highest BCUT2D eigenvalue weighted by Crippen LogP contribution is 2.61. The van der Waals surface area contributed by atoms with E-state index in [1.165, 1.54) is 32.7 Å². The topological polar surface area (TPSA) is 100 Å². The number of carbonyl (C=O) groups is 1. The van der Waals surface area contributed by atoms with E-state index in [-0.39, 0.29) is 0 Å². The molecule has 4 unspecified atom stereocenters. The largest absolute Gasteiger partial charge is 0.462 e. The average Bonchev–Trinajstić information content (AvgIpc) is 3.00. The molecule has 4 atom stereocenters. The number of esters is 1. The van der Waals surface area contributed by atoms with Crippen molar-refractivity contribution in [3.63, 3.8) is 0 Å². The lowest BCUT2D eigenvalue weighted by Gasteiger charge is -2.47. The Balaban J connectivity index is 3.81. The molecule has 0 aromatic carbocycles. The summed E-state index contributed by atoms with van der Waals surface area (Å²) < 4.78 is 431. The van der Waals surface area contributed by atoms with Gasteiger partial charge in [-0.1, -0.05) is 0 Å². The molecule has 0 aromatic heterocycles. The summed E-state index contributed by atoms with van der Waals surface area (Å²) in [5.41, 5.74) is 0. The Hall–Kier alpha value is -2.01. The van der Waals surface area contributed by atoms with Gasteiger partial charge < -0.3 is 21.2 Å². The van der Waals surface area contributed by atoms with Crippen molar-refractivity contribution in [2.24, 2.45) is 0 Å². The first-order valence-corrected chi connectivity index (χ1v) is 27.8. The molecule has 0 aliphatic carbocycles. The van der Waals surface area contributed by atoms with Crippen LogP contribution in [0.4, 0.5) is 127 Å². The molecule has 0 bridgehead atoms. The minimum atomic E-state index is -9.29. The molecule has 43 heteroatoms. The maximum atomic E-state index is 15.1. The van der Waals surface area contributed by atoms with Gasteiger partial charge in [-0.05, 0) is 58.3 Å². The monoisotopic (exact) mass is 1150 g/mol. The number of carbonyl (C=O) groups excluding carboxylic acids is 1. The molecule has 0 saturated carbocycles. The molecule has 0 aromatic rings. The summed E-state index contributed by atoms with van der Waals surface area (Å²) >= 11 is 0. The van der Waals surface area contributed by atoms with Crippen molar-refractivity contribution in [2.45, 2.75) is 143 Å². The Labute approximate surface area is 362 Å². The Bertz CT molecular complexity index is 1770. The summed E-state index contributed by atoms with van der Waals surface area (Å²) in [5, 5.41) is 0. The molecule has 1 saturated heterocycles. The Morgan fingerprint density at radius 3 is 0.941 bits per heavy atom. The van der Waals surface area contributed by atoms with Gasteiger partial charge in [-0.15, -0.1) is 0 Å². The number of rotatable bonds is 17. The lowest BCUT2D eigenvalue weighted by atomic mass is 10.2. The normalized spacial score (nSPS) is 23.0. The van der Waals surface area contributed by atoms with Gasteiger partial charge in [0, 0.05) is 0 Å². The van der Waals surface area contributed by atoms with Crippen molar-refractivity contribution in [2.75, 3.05) is 6.61 Å². The van der Waals surface area contributed by atoms with Crippen LogP contribution in [0.1, 0.15) is 6.42 Å². The fourth-order valence-corrected chi connectivity index (χ4v) is 26.8. The number of alkyl halides is 29. The Morgan fingerprint density at radius 2 is 0.662 bits per heavy atom. The molecule has 1 aliphatic rings. The van der Waals surface area contributed by atoms with Gasteiger partial charge in [0.15, 0.2) is 0 Å². The van der Waals surface area contributed by atoms with Crippen LogP contribution >= 0.6 is 0 Å². The van der Waals surface area contributed by atoms with E-state index in [2.05, 4.69) is 4.74 Å². The number of hydrogen-bond donors (Lipinski definition) is 0. The van der Waals surface area contributed by atoms with Crippen LogP contribution in [0.5, 0.6) is 0 Å². The van der Waals surface area contributed by atoms with E-state index in [1.807, 2.05) is 0 Å². The van der Waals surface area contributed by atoms with Gasteiger partial charge in [-0.3, -0.25) is 18.9 Å². The highest BCUT2D eigenvalue weighted by molar-refractivity contribution is 6.93. The molecule has 68 heavy (non-hydrogen) atoms. The van der Waals surface area contributed by atoms with Gasteiger partial charge in [0.2, 0.25) is 0 Å². The molecule has 0 spiro atoms. The van der Waals surface area contributed by atoms with Gasteiger partial charge in [0.1, 0.15) is 0 Å². The van der Waals surface area contributed by atoms with E-state index >= 15 is 8.78 Å². The molecule has 0 amide bonds. The van der Waals surface area contributed by atoms with Crippen LogP contribution in [-0.4, -0.2) is 131 Å². The van der Waals surface area contributed by atoms with Crippen molar-refractivity contribution < 1.29 is 172 Å². The molecule has 0 radical (unpaired) electrons. The first-order chi connectivity index (χ1) is 29.0. The van der Waals surface area contributed by atoms with E-state index in [0.29, 0.717) is 0 Å². The minimum Gasteiger partial charge on any atom is -0.461 e. The summed E-state index contributed by atoms with van der Waals surface area (Å²) in [7, 11) is -13.4. The predicted molar refractivity (Wildman–Crippen MR) is 163 cm³/mol. The van der Waals surface area contributed by atoms with E-state index < -0.39 is 144 Å². The quantitative estimate of drug-likeness (QED) is 0.0606. The molecule has 10 nitrogen and oxygen atoms in total. The first kappa shape index (κ1) is 64.0. The molecule has 1 fully saturated rings. The van der Waals surface area contributed by atoms with E-state index in [4.69, 9.17) is 16.5 Å². The average molecular weight is 1150 g/mol. The molecule has 1 heterocycles. The second-order valence-electron chi connectivity index (χ2n) is 14.9. The molecule has 0 N–H and O–H groups in total. The first-order valence-electron chi connectivity index (χ1n) is 16.8. The van der Waals surface area contributed by atoms with Crippen LogP contribution in [-0.2, 0) is 44.9 Å². The third kappa shape index (κ3) is 12.8. The molecular weight excluding hydrogens is 1120 g/mol. The fraction of sp³-hybridized carbons (Fsp3) is 0.960. The second-order valence-corrected chi connectivity index (χ2v) is 29.3. The van der Waals surface area contributed by atoms with Crippen molar-refractivity contribution in [3.05, 3.63) is 0 Å². The SMILES string of the molecule is C[Si]1(C)O[Si](C)(C)O[Si](C)(CCCOC(=O)C(F)(OC(F)(F)C(F)(OC(F)(F)C(F)(OC(F)(F)C(F)(OC(F)(F)C(F)(F)C(F)(F)F)C(F)(F)F)C(F)(F)F)C(F)(F)F)C(F)(F)F)O[Si](C)(C)O1. The highest BCUT2D eigenvalue weighted by Gasteiger charge is 2.90. The van der Waals surface area contributed by atoms with Gasteiger partial charge in [-0.2, -0.15) is 127 Å². The molecule has 1 rings (SSSR count). The minimum absolute atomic E-state index is 0.596. The zero-order chi connectivity index (χ0) is 55.1.